The van der Waals surface area contributed by atoms with Crippen LogP contribution < -0.4 is 15.5 Å². The molecule has 0 aliphatic carbocycles. The Morgan fingerprint density at radius 1 is 1.04 bits per heavy atom. The molecule has 0 atom stereocenters. The van der Waals surface area contributed by atoms with Crippen molar-refractivity contribution in [1.29, 1.82) is 0 Å². The first-order valence-corrected chi connectivity index (χ1v) is 9.01. The maximum absolute atomic E-state index is 12.5. The molecule has 0 saturated carbocycles. The number of piperazine rings is 1. The van der Waals surface area contributed by atoms with Crippen molar-refractivity contribution in [2.75, 3.05) is 48.8 Å². The molecule has 2 amide bonds. The van der Waals surface area contributed by atoms with Crippen molar-refractivity contribution < 1.29 is 9.59 Å². The second kappa shape index (κ2) is 8.18. The lowest BCUT2D eigenvalue weighted by Gasteiger charge is -2.33. The fraction of sp³-hybridized carbons (Fsp3) is 0.350. The van der Waals surface area contributed by atoms with E-state index in [0.29, 0.717) is 17.1 Å². The highest BCUT2D eigenvalue weighted by Gasteiger charge is 2.15. The third-order valence-electron chi connectivity index (χ3n) is 4.67. The normalized spacial score (nSPS) is 14.7. The first-order valence-electron chi connectivity index (χ1n) is 9.01. The topological polar surface area (TPSA) is 77.6 Å². The molecule has 7 nitrogen and oxygen atoms in total. The molecule has 142 valence electrons. The van der Waals surface area contributed by atoms with Crippen LogP contribution in [0.4, 0.5) is 17.2 Å². The Kier molecular flexibility index (Phi) is 5.71. The van der Waals surface area contributed by atoms with E-state index < -0.39 is 0 Å². The van der Waals surface area contributed by atoms with Crippen LogP contribution in [0, 0.1) is 6.92 Å². The molecule has 1 aliphatic heterocycles. The van der Waals surface area contributed by atoms with E-state index >= 15 is 0 Å². The number of hydrogen-bond acceptors (Lipinski definition) is 5. The predicted molar refractivity (Wildman–Crippen MR) is 107 cm³/mol. The summed E-state index contributed by atoms with van der Waals surface area (Å²) in [5.41, 5.74) is 3.06. The van der Waals surface area contributed by atoms with E-state index in [9.17, 15) is 9.59 Å². The third-order valence-corrected chi connectivity index (χ3v) is 4.67. The van der Waals surface area contributed by atoms with Gasteiger partial charge in [-0.3, -0.25) is 9.59 Å². The molecule has 2 heterocycles. The number of hydrogen-bond donors (Lipinski definition) is 2. The van der Waals surface area contributed by atoms with Crippen LogP contribution >= 0.6 is 0 Å². The number of nitrogens with zero attached hydrogens (tertiary/aromatic N) is 3. The van der Waals surface area contributed by atoms with E-state index in [-0.39, 0.29) is 11.8 Å². The van der Waals surface area contributed by atoms with Crippen molar-refractivity contribution in [1.82, 2.24) is 9.88 Å². The Morgan fingerprint density at radius 2 is 1.78 bits per heavy atom. The minimum absolute atomic E-state index is 0.170. The smallest absolute Gasteiger partial charge is 0.256 e. The van der Waals surface area contributed by atoms with Crippen molar-refractivity contribution in [2.45, 2.75) is 13.8 Å². The lowest BCUT2D eigenvalue weighted by molar-refractivity contribution is -0.114. The standard InChI is InChI=1S/C20H25N5O2/c1-14-4-5-16(12-18(14)22-15(2)26)20(27)23-19-7-6-17(13-21-19)25-10-8-24(3)9-11-25/h4-7,12-13H,8-11H2,1-3H3,(H,22,26)(H,21,23,27). The molecular formula is C20H25N5O2. The van der Waals surface area contributed by atoms with E-state index in [4.69, 9.17) is 0 Å². The van der Waals surface area contributed by atoms with Gasteiger partial charge in [0.1, 0.15) is 5.82 Å². The van der Waals surface area contributed by atoms with E-state index in [1.807, 2.05) is 25.1 Å². The summed E-state index contributed by atoms with van der Waals surface area (Å²) >= 11 is 0. The van der Waals surface area contributed by atoms with Crippen LogP contribution in [0.5, 0.6) is 0 Å². The van der Waals surface area contributed by atoms with Gasteiger partial charge in [0.15, 0.2) is 0 Å². The van der Waals surface area contributed by atoms with Gasteiger partial charge in [0.2, 0.25) is 5.91 Å². The van der Waals surface area contributed by atoms with Crippen molar-refractivity contribution in [3.63, 3.8) is 0 Å². The highest BCUT2D eigenvalue weighted by Crippen LogP contribution is 2.19. The molecule has 2 aromatic rings. The minimum Gasteiger partial charge on any atom is -0.368 e. The molecule has 1 saturated heterocycles. The van der Waals surface area contributed by atoms with Crippen molar-refractivity contribution in [3.8, 4) is 0 Å². The number of amides is 2. The summed E-state index contributed by atoms with van der Waals surface area (Å²) < 4.78 is 0. The molecule has 1 fully saturated rings. The van der Waals surface area contributed by atoms with E-state index in [0.717, 1.165) is 37.4 Å². The van der Waals surface area contributed by atoms with Gasteiger partial charge in [0, 0.05) is 44.4 Å². The highest BCUT2D eigenvalue weighted by atomic mass is 16.2. The number of anilines is 3. The van der Waals surface area contributed by atoms with Crippen LogP contribution in [0.1, 0.15) is 22.8 Å². The number of pyridine rings is 1. The molecular weight excluding hydrogens is 342 g/mol. The number of aromatic nitrogens is 1. The van der Waals surface area contributed by atoms with Crippen molar-refractivity contribution >= 4 is 29.0 Å². The van der Waals surface area contributed by atoms with Crippen LogP contribution in [-0.2, 0) is 4.79 Å². The molecule has 1 aliphatic rings. The molecule has 1 aromatic carbocycles. The molecule has 0 bridgehead atoms. The quantitative estimate of drug-likeness (QED) is 0.867. The fourth-order valence-electron chi connectivity index (χ4n) is 2.99. The summed E-state index contributed by atoms with van der Waals surface area (Å²) in [5.74, 6) is 0.0674. The van der Waals surface area contributed by atoms with Gasteiger partial charge >= 0.3 is 0 Å². The van der Waals surface area contributed by atoms with E-state index in [1.165, 1.54) is 6.92 Å². The summed E-state index contributed by atoms with van der Waals surface area (Å²) in [7, 11) is 2.12. The number of benzene rings is 1. The van der Waals surface area contributed by atoms with Crippen LogP contribution in [0.2, 0.25) is 0 Å². The van der Waals surface area contributed by atoms with Crippen LogP contribution in [-0.4, -0.2) is 54.9 Å². The molecule has 7 heteroatoms. The number of aryl methyl sites for hydroxylation is 1. The first kappa shape index (κ1) is 18.8. The molecule has 0 unspecified atom stereocenters. The summed E-state index contributed by atoms with van der Waals surface area (Å²) in [6, 6.07) is 9.00. The maximum Gasteiger partial charge on any atom is 0.256 e. The van der Waals surface area contributed by atoms with Gasteiger partial charge in [-0.15, -0.1) is 0 Å². The number of carbonyl (C=O) groups excluding carboxylic acids is 2. The van der Waals surface area contributed by atoms with Crippen molar-refractivity contribution in [3.05, 3.63) is 47.7 Å². The monoisotopic (exact) mass is 367 g/mol. The van der Waals surface area contributed by atoms with Gasteiger partial charge in [-0.2, -0.15) is 0 Å². The zero-order valence-electron chi connectivity index (χ0n) is 16.0. The average molecular weight is 367 g/mol. The number of carbonyl (C=O) groups is 2. The molecule has 2 N–H and O–H groups in total. The van der Waals surface area contributed by atoms with Gasteiger partial charge in [-0.1, -0.05) is 6.07 Å². The molecule has 1 aromatic heterocycles. The molecule has 0 spiro atoms. The number of likely N-dealkylation sites (N-methyl/N-ethyl adjacent to an activating group) is 1. The zero-order valence-corrected chi connectivity index (χ0v) is 16.0. The highest BCUT2D eigenvalue weighted by molar-refractivity contribution is 6.05. The largest absolute Gasteiger partial charge is 0.368 e. The Bertz CT molecular complexity index is 827. The Labute approximate surface area is 159 Å². The molecule has 3 rings (SSSR count). The maximum atomic E-state index is 12.5. The summed E-state index contributed by atoms with van der Waals surface area (Å²) in [5, 5.41) is 5.54. The average Bonchev–Trinajstić information content (AvgIpc) is 2.64. The van der Waals surface area contributed by atoms with Gasteiger partial charge in [-0.25, -0.2) is 4.98 Å². The van der Waals surface area contributed by atoms with Gasteiger partial charge in [-0.05, 0) is 43.8 Å². The Morgan fingerprint density at radius 3 is 2.41 bits per heavy atom. The van der Waals surface area contributed by atoms with Crippen LogP contribution in [0.15, 0.2) is 36.5 Å². The Balaban J connectivity index is 1.66. The summed E-state index contributed by atoms with van der Waals surface area (Å²) in [6.45, 7) is 7.33. The fourth-order valence-corrected chi connectivity index (χ4v) is 2.99. The first-order chi connectivity index (χ1) is 12.9. The van der Waals surface area contributed by atoms with Crippen LogP contribution in [0.3, 0.4) is 0 Å². The summed E-state index contributed by atoms with van der Waals surface area (Å²) in [6.07, 6.45) is 1.79. The van der Waals surface area contributed by atoms with Gasteiger partial charge < -0.3 is 20.4 Å². The van der Waals surface area contributed by atoms with Gasteiger partial charge in [0.25, 0.3) is 5.91 Å². The lowest BCUT2D eigenvalue weighted by atomic mass is 10.1. The lowest BCUT2D eigenvalue weighted by Crippen LogP contribution is -2.44. The predicted octanol–water partition coefficient (Wildman–Crippen LogP) is 2.35. The second-order valence-corrected chi connectivity index (χ2v) is 6.86. The molecule has 0 radical (unpaired) electrons. The third kappa shape index (κ3) is 4.83. The zero-order chi connectivity index (χ0) is 19.4. The molecule has 27 heavy (non-hydrogen) atoms. The van der Waals surface area contributed by atoms with Crippen molar-refractivity contribution in [2.24, 2.45) is 0 Å². The SMILES string of the molecule is CC(=O)Nc1cc(C(=O)Nc2ccc(N3CCN(C)CC3)cn2)ccc1C. The minimum atomic E-state index is -0.263. The summed E-state index contributed by atoms with van der Waals surface area (Å²) in [4.78, 5) is 32.8. The van der Waals surface area contributed by atoms with E-state index in [1.54, 1.807) is 18.3 Å². The Hall–Kier alpha value is -2.93. The van der Waals surface area contributed by atoms with E-state index in [2.05, 4.69) is 32.5 Å². The second-order valence-electron chi connectivity index (χ2n) is 6.86. The number of rotatable bonds is 4. The van der Waals surface area contributed by atoms with Crippen LogP contribution in [0.25, 0.3) is 0 Å². The van der Waals surface area contributed by atoms with Gasteiger partial charge in [0.05, 0.1) is 11.9 Å². The number of nitrogens with one attached hydrogen (secondary N) is 2.